The van der Waals surface area contributed by atoms with Crippen LogP contribution in [0.1, 0.15) is 25.0 Å². The van der Waals surface area contributed by atoms with Crippen LogP contribution in [-0.2, 0) is 5.41 Å². The molecule has 0 aliphatic heterocycles. The van der Waals surface area contributed by atoms with Gasteiger partial charge in [0, 0.05) is 39.4 Å². The molecule has 1 aliphatic rings. The van der Waals surface area contributed by atoms with Gasteiger partial charge in [0.2, 0.25) is 0 Å². The molecule has 0 amide bonds. The van der Waals surface area contributed by atoms with Crippen molar-refractivity contribution < 1.29 is 0 Å². The van der Waals surface area contributed by atoms with E-state index < -0.39 is 0 Å². The maximum absolute atomic E-state index is 2.49. The second-order valence-electron chi connectivity index (χ2n) is 18.9. The fourth-order valence-corrected chi connectivity index (χ4v) is 10.8. The third kappa shape index (κ3) is 8.10. The van der Waals surface area contributed by atoms with Gasteiger partial charge < -0.3 is 9.80 Å². The molecule has 0 aromatic heterocycles. The zero-order valence-electron chi connectivity index (χ0n) is 40.0. The van der Waals surface area contributed by atoms with Crippen molar-refractivity contribution in [2.45, 2.75) is 19.3 Å². The Labute approximate surface area is 418 Å². The average molecular weight is 909 g/mol. The Morgan fingerprint density at radius 1 is 0.239 bits per heavy atom. The van der Waals surface area contributed by atoms with Crippen molar-refractivity contribution in [2.24, 2.45) is 0 Å². The van der Waals surface area contributed by atoms with Crippen molar-refractivity contribution in [2.75, 3.05) is 9.80 Å². The van der Waals surface area contributed by atoms with Gasteiger partial charge in [0.25, 0.3) is 0 Å². The molecular formula is C69H52N2. The quantitative estimate of drug-likeness (QED) is 0.128. The fourth-order valence-electron chi connectivity index (χ4n) is 10.8. The van der Waals surface area contributed by atoms with Crippen LogP contribution < -0.4 is 9.80 Å². The summed E-state index contributed by atoms with van der Waals surface area (Å²) < 4.78 is 0. The van der Waals surface area contributed by atoms with E-state index in [-0.39, 0.29) is 5.41 Å². The van der Waals surface area contributed by atoms with Gasteiger partial charge >= 0.3 is 0 Å². The number of nitrogens with zero attached hydrogens (tertiary/aromatic N) is 2. The Morgan fingerprint density at radius 3 is 1.28 bits per heavy atom. The molecule has 0 radical (unpaired) electrons. The van der Waals surface area contributed by atoms with Gasteiger partial charge in [-0.15, -0.1) is 0 Å². The Balaban J connectivity index is 1.13. The number of fused-ring (bicyclic) bond motifs is 3. The molecule has 0 N–H and O–H groups in total. The number of benzene rings is 11. The Bertz CT molecular complexity index is 3560. The molecule has 2 nitrogen and oxygen atoms in total. The van der Waals surface area contributed by atoms with Gasteiger partial charge in [-0.2, -0.15) is 0 Å². The average Bonchev–Trinajstić information content (AvgIpc) is 3.67. The van der Waals surface area contributed by atoms with Crippen LogP contribution in [-0.4, -0.2) is 0 Å². The fraction of sp³-hybridized carbons (Fsp3) is 0.0435. The van der Waals surface area contributed by atoms with E-state index in [0.29, 0.717) is 0 Å². The molecule has 11 aromatic carbocycles. The summed E-state index contributed by atoms with van der Waals surface area (Å²) in [5, 5.41) is 0. The van der Waals surface area contributed by atoms with Crippen LogP contribution in [0, 0.1) is 0 Å². The number of anilines is 6. The molecule has 0 bridgehead atoms. The van der Waals surface area contributed by atoms with Crippen molar-refractivity contribution in [1.82, 2.24) is 0 Å². The third-order valence-electron chi connectivity index (χ3n) is 14.2. The first-order chi connectivity index (χ1) is 35.0. The van der Waals surface area contributed by atoms with E-state index in [0.717, 1.165) is 61.9 Å². The lowest BCUT2D eigenvalue weighted by Crippen LogP contribution is -2.17. The summed E-state index contributed by atoms with van der Waals surface area (Å²) in [6, 6.07) is 102. The van der Waals surface area contributed by atoms with Gasteiger partial charge in [-0.3, -0.25) is 0 Å². The number of para-hydroxylation sites is 3. The van der Waals surface area contributed by atoms with Crippen molar-refractivity contribution in [3.8, 4) is 66.8 Å². The molecule has 71 heavy (non-hydrogen) atoms. The summed E-state index contributed by atoms with van der Waals surface area (Å²) in [5.74, 6) is 0. The Hall–Kier alpha value is -8.98. The SMILES string of the molecule is CC1(C)c2ccccc2-c2ccc(N(c3cc(-c4cccc(-c5c(-c6ccccc6)cccc5-c5ccccc5)c4)cc(N(c4ccccc4)c4ccccc4)c3)c3ccccc3-c3ccccc3)cc21. The van der Waals surface area contributed by atoms with E-state index in [4.69, 9.17) is 0 Å². The third-order valence-corrected chi connectivity index (χ3v) is 14.2. The molecule has 0 saturated carbocycles. The zero-order valence-corrected chi connectivity index (χ0v) is 40.0. The van der Waals surface area contributed by atoms with Gasteiger partial charge in [0.1, 0.15) is 0 Å². The predicted octanol–water partition coefficient (Wildman–Crippen LogP) is 19.3. The smallest absolute Gasteiger partial charge is 0.0540 e. The van der Waals surface area contributed by atoms with Crippen LogP contribution in [0.15, 0.2) is 279 Å². The van der Waals surface area contributed by atoms with E-state index >= 15 is 0 Å². The predicted molar refractivity (Wildman–Crippen MR) is 301 cm³/mol. The minimum atomic E-state index is -0.188. The highest BCUT2D eigenvalue weighted by Crippen LogP contribution is 2.52. The van der Waals surface area contributed by atoms with Crippen LogP contribution in [0.4, 0.5) is 34.1 Å². The lowest BCUT2D eigenvalue weighted by molar-refractivity contribution is 0.660. The monoisotopic (exact) mass is 908 g/mol. The van der Waals surface area contributed by atoms with E-state index in [9.17, 15) is 0 Å². The Morgan fingerprint density at radius 2 is 0.676 bits per heavy atom. The van der Waals surface area contributed by atoms with Crippen molar-refractivity contribution in [1.29, 1.82) is 0 Å². The maximum Gasteiger partial charge on any atom is 0.0540 e. The van der Waals surface area contributed by atoms with Gasteiger partial charge in [-0.25, -0.2) is 0 Å². The second-order valence-corrected chi connectivity index (χ2v) is 18.9. The molecule has 0 fully saturated rings. The first-order valence-corrected chi connectivity index (χ1v) is 24.6. The first kappa shape index (κ1) is 43.3. The lowest BCUT2D eigenvalue weighted by Gasteiger charge is -2.32. The highest BCUT2D eigenvalue weighted by molar-refractivity contribution is 5.97. The van der Waals surface area contributed by atoms with Crippen molar-refractivity contribution in [3.63, 3.8) is 0 Å². The minimum Gasteiger partial charge on any atom is -0.310 e. The molecule has 12 rings (SSSR count). The summed E-state index contributed by atoms with van der Waals surface area (Å²) in [5.41, 5.74) is 23.2. The van der Waals surface area contributed by atoms with Crippen molar-refractivity contribution >= 4 is 34.1 Å². The molecular weight excluding hydrogens is 857 g/mol. The van der Waals surface area contributed by atoms with Crippen LogP contribution in [0.25, 0.3) is 66.8 Å². The topological polar surface area (TPSA) is 6.48 Å². The second kappa shape index (κ2) is 18.5. The van der Waals surface area contributed by atoms with E-state index in [1.807, 2.05) is 0 Å². The molecule has 0 unspecified atom stereocenters. The van der Waals surface area contributed by atoms with Crippen LogP contribution >= 0.6 is 0 Å². The van der Waals surface area contributed by atoms with E-state index in [1.165, 1.54) is 50.1 Å². The molecule has 2 heteroatoms. The highest BCUT2D eigenvalue weighted by atomic mass is 15.2. The van der Waals surface area contributed by atoms with Gasteiger partial charge in [0.15, 0.2) is 0 Å². The maximum atomic E-state index is 2.49. The van der Waals surface area contributed by atoms with Crippen molar-refractivity contribution in [3.05, 3.63) is 290 Å². The molecule has 0 spiro atoms. The van der Waals surface area contributed by atoms with Gasteiger partial charge in [-0.1, -0.05) is 226 Å². The Kier molecular flexibility index (Phi) is 11.3. The van der Waals surface area contributed by atoms with E-state index in [1.54, 1.807) is 0 Å². The summed E-state index contributed by atoms with van der Waals surface area (Å²) in [6.07, 6.45) is 0. The van der Waals surface area contributed by atoms with Crippen LogP contribution in [0.3, 0.4) is 0 Å². The number of rotatable bonds is 11. The largest absolute Gasteiger partial charge is 0.310 e. The summed E-state index contributed by atoms with van der Waals surface area (Å²) in [6.45, 7) is 4.73. The standard InChI is InChI=1S/C69H52N2/c1-69(2)65-40-20-18-37-63(65)64-43-42-57(48-66(64)69)71(67-41-21-19-36-60(67)49-24-8-3-9-25-49)59-46-54(45-58(47-59)70(55-32-14-6-15-33-55)56-34-16-7-17-35-56)52-30-22-31-53(44-52)68-61(50-26-10-4-11-27-50)38-23-39-62(68)51-28-12-5-13-29-51/h3-48H,1-2H3. The zero-order chi connectivity index (χ0) is 47.7. The van der Waals surface area contributed by atoms with Gasteiger partial charge in [-0.05, 0) is 139 Å². The molecule has 0 heterocycles. The first-order valence-electron chi connectivity index (χ1n) is 24.6. The summed E-state index contributed by atoms with van der Waals surface area (Å²) in [7, 11) is 0. The molecule has 0 atom stereocenters. The number of hydrogen-bond donors (Lipinski definition) is 0. The minimum absolute atomic E-state index is 0.188. The summed E-state index contributed by atoms with van der Waals surface area (Å²) in [4.78, 5) is 4.88. The van der Waals surface area contributed by atoms with Crippen LogP contribution in [0.2, 0.25) is 0 Å². The molecule has 1 aliphatic carbocycles. The number of hydrogen-bond acceptors (Lipinski definition) is 2. The summed E-state index contributed by atoms with van der Waals surface area (Å²) >= 11 is 0. The normalized spacial score (nSPS) is 12.2. The highest BCUT2D eigenvalue weighted by Gasteiger charge is 2.36. The van der Waals surface area contributed by atoms with E-state index in [2.05, 4.69) is 303 Å². The molecule has 11 aromatic rings. The molecule has 338 valence electrons. The molecule has 0 saturated heterocycles. The van der Waals surface area contributed by atoms with Gasteiger partial charge in [0.05, 0.1) is 5.69 Å². The van der Waals surface area contributed by atoms with Crippen LogP contribution in [0.5, 0.6) is 0 Å². The lowest BCUT2D eigenvalue weighted by atomic mass is 9.82.